The molecular weight excluding hydrogens is 406 g/mol. The summed E-state index contributed by atoms with van der Waals surface area (Å²) in [6, 6.07) is 15.0. The first-order valence-electron chi connectivity index (χ1n) is 9.61. The number of azo groups is 1. The summed E-state index contributed by atoms with van der Waals surface area (Å²) in [5.41, 5.74) is 14.3. The van der Waals surface area contributed by atoms with Crippen molar-refractivity contribution in [3.05, 3.63) is 89.2 Å². The first-order chi connectivity index (χ1) is 15.5. The van der Waals surface area contributed by atoms with Crippen molar-refractivity contribution in [1.29, 1.82) is 0 Å². The molecule has 4 aromatic rings. The Labute approximate surface area is 181 Å². The zero-order chi connectivity index (χ0) is 22.2. The van der Waals surface area contributed by atoms with Gasteiger partial charge in [-0.25, -0.2) is 9.97 Å². The summed E-state index contributed by atoms with van der Waals surface area (Å²) in [5, 5.41) is 8.28. The van der Waals surface area contributed by atoms with Gasteiger partial charge in [-0.15, -0.1) is 10.2 Å². The molecular formula is C23H15N7O2. The van der Waals surface area contributed by atoms with Crippen molar-refractivity contribution in [2.24, 2.45) is 10.2 Å². The number of rotatable bonds is 3. The molecule has 0 atom stereocenters. The maximum Gasteiger partial charge on any atom is 0.196 e. The topological polar surface area (TPSA) is 150 Å². The number of carbonyl (C=O) groups excluding carboxylic acids is 2. The molecule has 9 nitrogen and oxygen atoms in total. The minimum atomic E-state index is -0.296. The number of nitrogens with zero attached hydrogens (tertiary/aromatic N) is 5. The highest BCUT2D eigenvalue weighted by molar-refractivity contribution is 6.29. The van der Waals surface area contributed by atoms with Crippen LogP contribution in [0.15, 0.2) is 77.2 Å². The van der Waals surface area contributed by atoms with Crippen molar-refractivity contribution in [2.75, 3.05) is 11.5 Å². The summed E-state index contributed by atoms with van der Waals surface area (Å²) in [5.74, 6) is -0.140. The number of ketones is 2. The Morgan fingerprint density at radius 3 is 2.00 bits per heavy atom. The van der Waals surface area contributed by atoms with Crippen LogP contribution in [-0.2, 0) is 0 Å². The molecule has 2 heterocycles. The Balaban J connectivity index is 1.56. The van der Waals surface area contributed by atoms with E-state index in [0.717, 1.165) is 0 Å². The molecule has 0 radical (unpaired) electrons. The van der Waals surface area contributed by atoms with E-state index in [9.17, 15) is 9.59 Å². The van der Waals surface area contributed by atoms with Gasteiger partial charge in [0, 0.05) is 34.6 Å². The maximum absolute atomic E-state index is 13.1. The first-order valence-corrected chi connectivity index (χ1v) is 9.61. The average molecular weight is 421 g/mol. The molecule has 4 N–H and O–H groups in total. The van der Waals surface area contributed by atoms with E-state index in [-0.39, 0.29) is 45.7 Å². The maximum atomic E-state index is 13.1. The molecule has 154 valence electrons. The van der Waals surface area contributed by atoms with Crippen LogP contribution in [0.3, 0.4) is 0 Å². The Morgan fingerprint density at radius 2 is 1.31 bits per heavy atom. The minimum absolute atomic E-state index is 0.0330. The number of benzene rings is 2. The van der Waals surface area contributed by atoms with E-state index in [1.54, 1.807) is 67.0 Å². The Bertz CT molecular complexity index is 1410. The highest BCUT2D eigenvalue weighted by Crippen LogP contribution is 2.36. The van der Waals surface area contributed by atoms with Crippen molar-refractivity contribution < 1.29 is 9.59 Å². The molecule has 0 unspecified atom stereocenters. The predicted octanol–water partition coefficient (Wildman–Crippen LogP) is 3.89. The van der Waals surface area contributed by atoms with Gasteiger partial charge in [0.1, 0.15) is 0 Å². The molecule has 1 aliphatic carbocycles. The lowest BCUT2D eigenvalue weighted by Crippen LogP contribution is -2.20. The van der Waals surface area contributed by atoms with Crippen LogP contribution in [0, 0.1) is 0 Å². The van der Waals surface area contributed by atoms with Crippen molar-refractivity contribution in [2.45, 2.75) is 0 Å². The lowest BCUT2D eigenvalue weighted by Gasteiger charge is -2.18. The van der Waals surface area contributed by atoms with Crippen LogP contribution < -0.4 is 11.5 Å². The van der Waals surface area contributed by atoms with E-state index >= 15 is 0 Å². The van der Waals surface area contributed by atoms with E-state index in [0.29, 0.717) is 22.5 Å². The third-order valence-electron chi connectivity index (χ3n) is 5.06. The number of hydrogen-bond acceptors (Lipinski definition) is 9. The van der Waals surface area contributed by atoms with E-state index in [2.05, 4.69) is 25.2 Å². The molecule has 2 aromatic carbocycles. The highest BCUT2D eigenvalue weighted by atomic mass is 16.1. The Morgan fingerprint density at radius 1 is 0.688 bits per heavy atom. The molecule has 0 bridgehead atoms. The average Bonchev–Trinajstić information content (AvgIpc) is 2.82. The Kier molecular flexibility index (Phi) is 4.48. The monoisotopic (exact) mass is 421 g/mol. The van der Waals surface area contributed by atoms with Gasteiger partial charge < -0.3 is 11.5 Å². The van der Waals surface area contributed by atoms with Gasteiger partial charge >= 0.3 is 0 Å². The molecule has 0 saturated heterocycles. The number of pyridine rings is 1. The van der Waals surface area contributed by atoms with Crippen LogP contribution in [0.5, 0.6) is 0 Å². The third-order valence-corrected chi connectivity index (χ3v) is 5.06. The van der Waals surface area contributed by atoms with Gasteiger partial charge in [-0.3, -0.25) is 14.6 Å². The summed E-state index contributed by atoms with van der Waals surface area (Å²) in [6.07, 6.45) is 3.21. The zero-order valence-electron chi connectivity index (χ0n) is 16.6. The largest absolute Gasteiger partial charge is 0.382 e. The minimum Gasteiger partial charge on any atom is -0.382 e. The second kappa shape index (κ2) is 7.47. The molecule has 2 aromatic heterocycles. The molecule has 0 spiro atoms. The SMILES string of the molecule is Nc1nc(-c2ccncc2)nc(N)c1N=Nc1cccc2c1C(=O)c1ccccc1C2=O. The molecule has 0 fully saturated rings. The summed E-state index contributed by atoms with van der Waals surface area (Å²) in [4.78, 5) is 38.4. The van der Waals surface area contributed by atoms with Crippen LogP contribution >= 0.6 is 0 Å². The van der Waals surface area contributed by atoms with Gasteiger partial charge in [-0.1, -0.05) is 36.4 Å². The van der Waals surface area contributed by atoms with Crippen molar-refractivity contribution >= 4 is 34.6 Å². The standard InChI is InChI=1S/C23H15N7O2/c24-21-18(22(25)28-23(27-21)12-8-10-26-11-9-12)30-29-16-7-3-6-15-17(16)20(32)14-5-2-1-4-13(14)19(15)31/h1-11H,(H4,24,25,27,28). The van der Waals surface area contributed by atoms with Crippen molar-refractivity contribution in [1.82, 2.24) is 15.0 Å². The number of aromatic nitrogens is 3. The number of anilines is 2. The molecule has 1 aliphatic rings. The predicted molar refractivity (Wildman–Crippen MR) is 118 cm³/mol. The van der Waals surface area contributed by atoms with Gasteiger partial charge in [0.05, 0.1) is 11.3 Å². The van der Waals surface area contributed by atoms with Gasteiger partial charge in [-0.2, -0.15) is 0 Å². The summed E-state index contributed by atoms with van der Waals surface area (Å²) < 4.78 is 0. The third kappa shape index (κ3) is 3.08. The quantitative estimate of drug-likeness (QED) is 0.419. The normalized spacial score (nSPS) is 12.6. The number of nitrogens with two attached hydrogens (primary N) is 2. The zero-order valence-corrected chi connectivity index (χ0v) is 16.6. The van der Waals surface area contributed by atoms with Crippen LogP contribution in [0.1, 0.15) is 31.8 Å². The smallest absolute Gasteiger partial charge is 0.196 e. The van der Waals surface area contributed by atoms with Crippen molar-refractivity contribution in [3.63, 3.8) is 0 Å². The van der Waals surface area contributed by atoms with Gasteiger partial charge in [-0.05, 0) is 18.2 Å². The lowest BCUT2D eigenvalue weighted by molar-refractivity contribution is 0.0979. The summed E-state index contributed by atoms with van der Waals surface area (Å²) in [7, 11) is 0. The number of carbonyl (C=O) groups is 2. The van der Waals surface area contributed by atoms with E-state index in [4.69, 9.17) is 11.5 Å². The summed E-state index contributed by atoms with van der Waals surface area (Å²) in [6.45, 7) is 0. The molecule has 9 heteroatoms. The van der Waals surface area contributed by atoms with E-state index in [1.165, 1.54) is 0 Å². The lowest BCUT2D eigenvalue weighted by atomic mass is 9.83. The van der Waals surface area contributed by atoms with E-state index < -0.39 is 0 Å². The van der Waals surface area contributed by atoms with Crippen LogP contribution in [0.25, 0.3) is 11.4 Å². The molecule has 32 heavy (non-hydrogen) atoms. The second-order valence-corrected chi connectivity index (χ2v) is 7.01. The fourth-order valence-corrected chi connectivity index (χ4v) is 3.54. The second-order valence-electron chi connectivity index (χ2n) is 7.01. The molecule has 0 amide bonds. The summed E-state index contributed by atoms with van der Waals surface area (Å²) >= 11 is 0. The number of fused-ring (bicyclic) bond motifs is 2. The Hall–Kier alpha value is -4.79. The van der Waals surface area contributed by atoms with Gasteiger partial charge in [0.15, 0.2) is 34.7 Å². The molecule has 0 aliphatic heterocycles. The highest BCUT2D eigenvalue weighted by Gasteiger charge is 2.31. The first kappa shape index (κ1) is 19.2. The number of hydrogen-bond donors (Lipinski definition) is 2. The van der Waals surface area contributed by atoms with Crippen LogP contribution in [0.2, 0.25) is 0 Å². The van der Waals surface area contributed by atoms with Gasteiger partial charge in [0.2, 0.25) is 0 Å². The molecule has 5 rings (SSSR count). The van der Waals surface area contributed by atoms with Gasteiger partial charge in [0.25, 0.3) is 0 Å². The van der Waals surface area contributed by atoms with Crippen molar-refractivity contribution in [3.8, 4) is 11.4 Å². The van der Waals surface area contributed by atoms with Crippen LogP contribution in [-0.4, -0.2) is 26.5 Å². The molecule has 0 saturated carbocycles. The van der Waals surface area contributed by atoms with Crippen LogP contribution in [0.4, 0.5) is 23.0 Å². The fourth-order valence-electron chi connectivity index (χ4n) is 3.54. The van der Waals surface area contributed by atoms with E-state index in [1.807, 2.05) is 0 Å². The number of nitrogen functional groups attached to an aromatic ring is 2. The fraction of sp³-hybridized carbons (Fsp3) is 0.